The molecule has 152 valence electrons. The highest BCUT2D eigenvalue weighted by molar-refractivity contribution is 5.85. The topological polar surface area (TPSA) is 43.2 Å². The third kappa shape index (κ3) is 4.74. The van der Waals surface area contributed by atoms with Gasteiger partial charge in [-0.3, -0.25) is 0 Å². The normalized spacial score (nSPS) is 11.6. The fraction of sp³-hybridized carbons (Fsp3) is 0.368. The average Bonchev–Trinajstić information content (AvgIpc) is 3.04. The predicted octanol–water partition coefficient (Wildman–Crippen LogP) is 4.58. The van der Waals surface area contributed by atoms with Crippen molar-refractivity contribution < 1.29 is 17.9 Å². The second kappa shape index (κ2) is 9.25. The Labute approximate surface area is 167 Å². The van der Waals surface area contributed by atoms with E-state index in [1.54, 1.807) is 24.4 Å². The maximum atomic E-state index is 13.0. The van der Waals surface area contributed by atoms with Gasteiger partial charge in [0.1, 0.15) is 6.61 Å². The van der Waals surface area contributed by atoms with Gasteiger partial charge in [-0.25, -0.2) is 9.67 Å². The summed E-state index contributed by atoms with van der Waals surface area (Å²) in [6.45, 7) is 7.16. The van der Waals surface area contributed by atoms with E-state index in [2.05, 4.69) is 28.8 Å². The highest BCUT2D eigenvalue weighted by Gasteiger charge is 2.30. The fourth-order valence-corrected chi connectivity index (χ4v) is 2.84. The van der Waals surface area contributed by atoms with Gasteiger partial charge in [0.15, 0.2) is 5.65 Å². The van der Waals surface area contributed by atoms with Crippen LogP contribution in [0.3, 0.4) is 0 Å². The second-order valence-corrected chi connectivity index (χ2v) is 6.01. The van der Waals surface area contributed by atoms with Crippen LogP contribution in [-0.4, -0.2) is 45.9 Å². The molecular formula is C19H22ClF3N4O. The Morgan fingerprint density at radius 2 is 1.86 bits per heavy atom. The van der Waals surface area contributed by atoms with Gasteiger partial charge in [0.05, 0.1) is 16.6 Å². The van der Waals surface area contributed by atoms with Crippen molar-refractivity contribution in [3.63, 3.8) is 0 Å². The van der Waals surface area contributed by atoms with Crippen LogP contribution in [0, 0.1) is 0 Å². The lowest BCUT2D eigenvalue weighted by Gasteiger charge is -2.17. The van der Waals surface area contributed by atoms with E-state index in [-0.39, 0.29) is 18.1 Å². The number of alkyl halides is 3. The van der Waals surface area contributed by atoms with Gasteiger partial charge < -0.3 is 9.64 Å². The zero-order valence-electron chi connectivity index (χ0n) is 15.6. The number of aromatic nitrogens is 3. The average molecular weight is 415 g/mol. The molecule has 0 radical (unpaired) electrons. The number of hydrogen-bond acceptors (Lipinski definition) is 4. The minimum absolute atomic E-state index is 0. The maximum Gasteiger partial charge on any atom is 0.416 e. The van der Waals surface area contributed by atoms with E-state index in [1.807, 2.05) is 0 Å². The van der Waals surface area contributed by atoms with Crippen molar-refractivity contribution in [3.8, 4) is 11.6 Å². The van der Waals surface area contributed by atoms with Crippen LogP contribution in [-0.2, 0) is 6.18 Å². The summed E-state index contributed by atoms with van der Waals surface area (Å²) in [6, 6.07) is 8.56. The molecule has 28 heavy (non-hydrogen) atoms. The lowest BCUT2D eigenvalue weighted by molar-refractivity contribution is -0.137. The molecule has 0 aliphatic carbocycles. The summed E-state index contributed by atoms with van der Waals surface area (Å²) >= 11 is 0. The minimum atomic E-state index is -4.42. The largest absolute Gasteiger partial charge is 0.475 e. The Morgan fingerprint density at radius 3 is 2.54 bits per heavy atom. The SMILES string of the molecule is CCN(CC)CCOc1nn(-c2cccc(C(F)(F)F)c2)c2ncccc12.Cl. The fourth-order valence-electron chi connectivity index (χ4n) is 2.84. The standard InChI is InChI=1S/C19H21F3N4O.ClH/c1-3-25(4-2)11-12-27-18-16-9-6-10-23-17(16)26(24-18)15-8-5-7-14(13-15)19(20,21)22;/h5-10,13H,3-4,11-12H2,1-2H3;1H. The Balaban J connectivity index is 0.00000280. The van der Waals surface area contributed by atoms with E-state index in [4.69, 9.17) is 4.74 Å². The molecule has 0 fully saturated rings. The molecule has 3 aromatic rings. The van der Waals surface area contributed by atoms with Gasteiger partial charge in [-0.15, -0.1) is 17.5 Å². The zero-order valence-corrected chi connectivity index (χ0v) is 16.4. The number of benzene rings is 1. The lowest BCUT2D eigenvalue weighted by Crippen LogP contribution is -2.28. The maximum absolute atomic E-state index is 13.0. The summed E-state index contributed by atoms with van der Waals surface area (Å²) < 4.78 is 46.3. The van der Waals surface area contributed by atoms with Crippen LogP contribution in [0.2, 0.25) is 0 Å². The first kappa shape index (κ1) is 22.0. The van der Waals surface area contributed by atoms with E-state index < -0.39 is 11.7 Å². The molecule has 0 atom stereocenters. The summed E-state index contributed by atoms with van der Waals surface area (Å²) in [6.07, 6.45) is -2.84. The molecule has 5 nitrogen and oxygen atoms in total. The molecule has 9 heteroatoms. The van der Waals surface area contributed by atoms with E-state index >= 15 is 0 Å². The highest BCUT2D eigenvalue weighted by Crippen LogP contribution is 2.32. The smallest absolute Gasteiger partial charge is 0.416 e. The molecule has 0 bridgehead atoms. The van der Waals surface area contributed by atoms with Gasteiger partial charge in [0.25, 0.3) is 0 Å². The van der Waals surface area contributed by atoms with Gasteiger partial charge in [-0.2, -0.15) is 13.2 Å². The molecule has 0 unspecified atom stereocenters. The molecule has 0 saturated carbocycles. The predicted molar refractivity (Wildman–Crippen MR) is 104 cm³/mol. The summed E-state index contributed by atoms with van der Waals surface area (Å²) in [7, 11) is 0. The quantitative estimate of drug-likeness (QED) is 0.567. The number of ether oxygens (including phenoxy) is 1. The third-order valence-electron chi connectivity index (χ3n) is 4.37. The number of halogens is 4. The molecular weight excluding hydrogens is 393 g/mol. The van der Waals surface area contributed by atoms with E-state index in [9.17, 15) is 13.2 Å². The molecule has 2 aromatic heterocycles. The summed E-state index contributed by atoms with van der Waals surface area (Å²) in [4.78, 5) is 6.49. The van der Waals surface area contributed by atoms with Crippen LogP contribution in [0.5, 0.6) is 5.88 Å². The van der Waals surface area contributed by atoms with Crippen LogP contribution in [0.4, 0.5) is 13.2 Å². The molecule has 0 saturated heterocycles. The Kier molecular flexibility index (Phi) is 7.26. The van der Waals surface area contributed by atoms with Gasteiger partial charge in [-0.1, -0.05) is 19.9 Å². The van der Waals surface area contributed by atoms with Gasteiger partial charge in [0.2, 0.25) is 5.88 Å². The van der Waals surface area contributed by atoms with Crippen molar-refractivity contribution in [1.29, 1.82) is 0 Å². The highest BCUT2D eigenvalue weighted by atomic mass is 35.5. The summed E-state index contributed by atoms with van der Waals surface area (Å²) in [5.41, 5.74) is 0.00497. The molecule has 2 heterocycles. The number of pyridine rings is 1. The molecule has 0 N–H and O–H groups in total. The van der Waals surface area contributed by atoms with Crippen molar-refractivity contribution in [1.82, 2.24) is 19.7 Å². The van der Waals surface area contributed by atoms with E-state index in [0.717, 1.165) is 31.8 Å². The molecule has 0 amide bonds. The third-order valence-corrected chi connectivity index (χ3v) is 4.37. The van der Waals surface area contributed by atoms with Crippen molar-refractivity contribution in [2.45, 2.75) is 20.0 Å². The van der Waals surface area contributed by atoms with Crippen molar-refractivity contribution in [2.75, 3.05) is 26.2 Å². The molecule has 3 rings (SSSR count). The Morgan fingerprint density at radius 1 is 1.11 bits per heavy atom. The number of hydrogen-bond donors (Lipinski definition) is 0. The van der Waals surface area contributed by atoms with Gasteiger partial charge >= 0.3 is 6.18 Å². The van der Waals surface area contributed by atoms with Crippen LogP contribution in [0.25, 0.3) is 16.7 Å². The van der Waals surface area contributed by atoms with Gasteiger partial charge in [-0.05, 0) is 43.4 Å². The minimum Gasteiger partial charge on any atom is -0.475 e. The van der Waals surface area contributed by atoms with E-state index in [0.29, 0.717) is 23.5 Å². The Hall–Kier alpha value is -2.32. The Bertz CT molecular complexity index is 910. The number of fused-ring (bicyclic) bond motifs is 1. The zero-order chi connectivity index (χ0) is 19.4. The van der Waals surface area contributed by atoms with Crippen LogP contribution >= 0.6 is 12.4 Å². The molecule has 0 aliphatic rings. The van der Waals surface area contributed by atoms with Crippen LogP contribution in [0.15, 0.2) is 42.6 Å². The monoisotopic (exact) mass is 414 g/mol. The van der Waals surface area contributed by atoms with Crippen molar-refractivity contribution in [2.24, 2.45) is 0 Å². The number of rotatable bonds is 7. The molecule has 0 spiro atoms. The first-order valence-corrected chi connectivity index (χ1v) is 8.80. The second-order valence-electron chi connectivity index (χ2n) is 6.01. The van der Waals surface area contributed by atoms with E-state index in [1.165, 1.54) is 10.7 Å². The summed E-state index contributed by atoms with van der Waals surface area (Å²) in [5, 5.41) is 5.04. The first-order valence-electron chi connectivity index (χ1n) is 8.80. The molecule has 1 aromatic carbocycles. The van der Waals surface area contributed by atoms with Crippen LogP contribution < -0.4 is 4.74 Å². The summed E-state index contributed by atoms with van der Waals surface area (Å²) in [5.74, 6) is 0.364. The lowest BCUT2D eigenvalue weighted by atomic mass is 10.2. The van der Waals surface area contributed by atoms with Crippen LogP contribution in [0.1, 0.15) is 19.4 Å². The first-order chi connectivity index (χ1) is 12.9. The number of nitrogens with zero attached hydrogens (tertiary/aromatic N) is 4. The number of likely N-dealkylation sites (N-methyl/N-ethyl adjacent to an activating group) is 1. The van der Waals surface area contributed by atoms with Crippen molar-refractivity contribution >= 4 is 23.4 Å². The van der Waals surface area contributed by atoms with Crippen molar-refractivity contribution in [3.05, 3.63) is 48.2 Å². The van der Waals surface area contributed by atoms with Gasteiger partial charge in [0, 0.05) is 12.7 Å². The molecule has 0 aliphatic heterocycles.